The summed E-state index contributed by atoms with van der Waals surface area (Å²) in [6.07, 6.45) is 1.08. The molecule has 0 spiro atoms. The van der Waals surface area contributed by atoms with Gasteiger partial charge in [-0.3, -0.25) is 4.72 Å². The minimum Gasteiger partial charge on any atom is -0.496 e. The summed E-state index contributed by atoms with van der Waals surface area (Å²) in [5, 5.41) is 0. The Morgan fingerprint density at radius 2 is 1.75 bits per heavy atom. The monoisotopic (exact) mass is 295 g/mol. The molecule has 0 aliphatic heterocycles. The third-order valence-corrected chi connectivity index (χ3v) is 3.27. The second-order valence-corrected chi connectivity index (χ2v) is 6.04. The molecule has 0 amide bonds. The number of benzene rings is 2. The van der Waals surface area contributed by atoms with Crippen molar-refractivity contribution in [1.29, 1.82) is 0 Å². The van der Waals surface area contributed by atoms with Crippen molar-refractivity contribution in [3.05, 3.63) is 48.3 Å². The van der Waals surface area contributed by atoms with Crippen LogP contribution in [0, 0.1) is 5.82 Å². The van der Waals surface area contributed by atoms with Crippen LogP contribution in [-0.2, 0) is 10.0 Å². The lowest BCUT2D eigenvalue weighted by Gasteiger charge is -2.11. The average molecular weight is 295 g/mol. The SMILES string of the molecule is COc1cc(NS(C)(=O)=O)ccc1-c1ccc(F)cc1. The molecular formula is C14H14FNO3S. The van der Waals surface area contributed by atoms with Gasteiger partial charge in [0.05, 0.1) is 19.1 Å². The lowest BCUT2D eigenvalue weighted by Crippen LogP contribution is -2.09. The number of rotatable bonds is 4. The van der Waals surface area contributed by atoms with Gasteiger partial charge in [-0.25, -0.2) is 12.8 Å². The quantitative estimate of drug-likeness (QED) is 0.943. The first-order valence-corrected chi connectivity index (χ1v) is 7.70. The van der Waals surface area contributed by atoms with E-state index >= 15 is 0 Å². The first-order valence-electron chi connectivity index (χ1n) is 5.81. The summed E-state index contributed by atoms with van der Waals surface area (Å²) in [4.78, 5) is 0. The highest BCUT2D eigenvalue weighted by Crippen LogP contribution is 2.32. The molecule has 6 heteroatoms. The van der Waals surface area contributed by atoms with Crippen LogP contribution in [-0.4, -0.2) is 21.8 Å². The molecule has 0 aliphatic rings. The summed E-state index contributed by atoms with van der Waals surface area (Å²) < 4.78 is 43.0. The molecule has 0 fully saturated rings. The van der Waals surface area contributed by atoms with Crippen LogP contribution in [0.2, 0.25) is 0 Å². The van der Waals surface area contributed by atoms with Crippen molar-refractivity contribution >= 4 is 15.7 Å². The van der Waals surface area contributed by atoms with Crippen molar-refractivity contribution in [1.82, 2.24) is 0 Å². The minimum absolute atomic E-state index is 0.317. The Hall–Kier alpha value is -2.08. The fourth-order valence-electron chi connectivity index (χ4n) is 1.84. The van der Waals surface area contributed by atoms with Gasteiger partial charge in [-0.05, 0) is 29.8 Å². The molecular weight excluding hydrogens is 281 g/mol. The molecule has 4 nitrogen and oxygen atoms in total. The van der Waals surface area contributed by atoms with Gasteiger partial charge in [0.15, 0.2) is 0 Å². The highest BCUT2D eigenvalue weighted by Gasteiger charge is 2.09. The zero-order chi connectivity index (χ0) is 14.8. The molecule has 2 aromatic carbocycles. The Morgan fingerprint density at radius 3 is 2.30 bits per heavy atom. The molecule has 2 aromatic rings. The van der Waals surface area contributed by atoms with Crippen LogP contribution in [0.5, 0.6) is 5.75 Å². The molecule has 0 saturated carbocycles. The number of halogens is 1. The molecule has 106 valence electrons. The standard InChI is InChI=1S/C14H14FNO3S/c1-19-14-9-12(16-20(2,17)18)7-8-13(14)10-3-5-11(15)6-4-10/h3-9,16H,1-2H3. The van der Waals surface area contributed by atoms with Gasteiger partial charge in [0.2, 0.25) is 10.0 Å². The van der Waals surface area contributed by atoms with Crippen LogP contribution in [0.3, 0.4) is 0 Å². The highest BCUT2D eigenvalue weighted by molar-refractivity contribution is 7.92. The third-order valence-electron chi connectivity index (χ3n) is 2.66. The average Bonchev–Trinajstić information content (AvgIpc) is 2.38. The molecule has 0 saturated heterocycles. The van der Waals surface area contributed by atoms with Gasteiger partial charge >= 0.3 is 0 Å². The van der Waals surface area contributed by atoms with Gasteiger partial charge in [0, 0.05) is 11.6 Å². The summed E-state index contributed by atoms with van der Waals surface area (Å²) in [5.74, 6) is 0.188. The maximum Gasteiger partial charge on any atom is 0.229 e. The van der Waals surface area contributed by atoms with Gasteiger partial charge in [0.25, 0.3) is 0 Å². The van der Waals surface area contributed by atoms with E-state index in [0.717, 1.165) is 17.4 Å². The Bertz CT molecular complexity index is 712. The van der Waals surface area contributed by atoms with E-state index in [4.69, 9.17) is 4.74 Å². The van der Waals surface area contributed by atoms with E-state index in [1.54, 1.807) is 30.3 Å². The highest BCUT2D eigenvalue weighted by atomic mass is 32.2. The molecule has 0 aromatic heterocycles. The molecule has 0 heterocycles. The lowest BCUT2D eigenvalue weighted by atomic mass is 10.0. The molecule has 0 atom stereocenters. The zero-order valence-corrected chi connectivity index (χ0v) is 11.9. The third kappa shape index (κ3) is 3.48. The minimum atomic E-state index is -3.34. The second-order valence-electron chi connectivity index (χ2n) is 4.30. The van der Waals surface area contributed by atoms with Crippen molar-refractivity contribution < 1.29 is 17.5 Å². The summed E-state index contributed by atoms with van der Waals surface area (Å²) in [6, 6.07) is 10.9. The second kappa shape index (κ2) is 5.50. The van der Waals surface area contributed by atoms with Gasteiger partial charge in [-0.1, -0.05) is 12.1 Å². The normalized spacial score (nSPS) is 11.2. The van der Waals surface area contributed by atoms with E-state index in [-0.39, 0.29) is 5.82 Å². The summed E-state index contributed by atoms with van der Waals surface area (Å²) in [6.45, 7) is 0. The van der Waals surface area contributed by atoms with Gasteiger partial charge in [0.1, 0.15) is 11.6 Å². The Kier molecular flexibility index (Phi) is 3.94. The first-order chi connectivity index (χ1) is 9.39. The number of hydrogen-bond donors (Lipinski definition) is 1. The maximum absolute atomic E-state index is 12.9. The smallest absolute Gasteiger partial charge is 0.229 e. The van der Waals surface area contributed by atoms with Crippen LogP contribution in [0.1, 0.15) is 0 Å². The van der Waals surface area contributed by atoms with Crippen LogP contribution in [0.25, 0.3) is 11.1 Å². The van der Waals surface area contributed by atoms with Crippen molar-refractivity contribution in [2.75, 3.05) is 18.1 Å². The van der Waals surface area contributed by atoms with Crippen molar-refractivity contribution in [2.24, 2.45) is 0 Å². The Morgan fingerprint density at radius 1 is 1.10 bits per heavy atom. The molecule has 20 heavy (non-hydrogen) atoms. The first kappa shape index (κ1) is 14.3. The van der Waals surface area contributed by atoms with E-state index in [9.17, 15) is 12.8 Å². The maximum atomic E-state index is 12.9. The number of methoxy groups -OCH3 is 1. The number of sulfonamides is 1. The van der Waals surface area contributed by atoms with Crippen LogP contribution < -0.4 is 9.46 Å². The van der Waals surface area contributed by atoms with Crippen molar-refractivity contribution in [3.8, 4) is 16.9 Å². The molecule has 0 unspecified atom stereocenters. The summed E-state index contributed by atoms with van der Waals surface area (Å²) >= 11 is 0. The number of nitrogens with one attached hydrogen (secondary N) is 1. The molecule has 1 N–H and O–H groups in total. The number of anilines is 1. The predicted molar refractivity (Wildman–Crippen MR) is 76.9 cm³/mol. The van der Waals surface area contributed by atoms with E-state index in [2.05, 4.69) is 4.72 Å². The Balaban J connectivity index is 2.42. The largest absolute Gasteiger partial charge is 0.496 e. The van der Waals surface area contributed by atoms with E-state index in [1.807, 2.05) is 0 Å². The molecule has 0 radical (unpaired) electrons. The predicted octanol–water partition coefficient (Wildman–Crippen LogP) is 2.87. The number of hydrogen-bond acceptors (Lipinski definition) is 3. The number of ether oxygens (including phenoxy) is 1. The molecule has 0 bridgehead atoms. The zero-order valence-electron chi connectivity index (χ0n) is 11.1. The van der Waals surface area contributed by atoms with E-state index in [0.29, 0.717) is 11.4 Å². The van der Waals surface area contributed by atoms with Crippen molar-refractivity contribution in [2.45, 2.75) is 0 Å². The summed E-state index contributed by atoms with van der Waals surface area (Å²) in [5.41, 5.74) is 1.95. The fourth-order valence-corrected chi connectivity index (χ4v) is 2.39. The summed E-state index contributed by atoms with van der Waals surface area (Å²) in [7, 11) is -1.85. The fraction of sp³-hybridized carbons (Fsp3) is 0.143. The molecule has 2 rings (SSSR count). The Labute approximate surface area is 117 Å². The van der Waals surface area contributed by atoms with Gasteiger partial charge < -0.3 is 4.74 Å². The lowest BCUT2D eigenvalue weighted by molar-refractivity contribution is 0.416. The topological polar surface area (TPSA) is 55.4 Å². The van der Waals surface area contributed by atoms with Crippen LogP contribution >= 0.6 is 0 Å². The van der Waals surface area contributed by atoms with Crippen LogP contribution in [0.15, 0.2) is 42.5 Å². The van der Waals surface area contributed by atoms with E-state index < -0.39 is 10.0 Å². The van der Waals surface area contributed by atoms with E-state index in [1.165, 1.54) is 19.2 Å². The molecule has 0 aliphatic carbocycles. The van der Waals surface area contributed by atoms with Crippen LogP contribution in [0.4, 0.5) is 10.1 Å². The van der Waals surface area contributed by atoms with Gasteiger partial charge in [-0.2, -0.15) is 0 Å². The van der Waals surface area contributed by atoms with Crippen molar-refractivity contribution in [3.63, 3.8) is 0 Å². The van der Waals surface area contributed by atoms with Gasteiger partial charge in [-0.15, -0.1) is 0 Å².